The number of carbonyl (C=O) groups excluding carboxylic acids is 1. The Kier molecular flexibility index (Phi) is 7.94. The SMILES string of the molecule is O=C(Cc1cnc(-c2ccc(OCCN3CCOCC3)cc2)nc1)NCc1cccc(F)c1. The summed E-state index contributed by atoms with van der Waals surface area (Å²) in [7, 11) is 0. The van der Waals surface area contributed by atoms with Crippen LogP contribution in [0.1, 0.15) is 11.1 Å². The van der Waals surface area contributed by atoms with Crippen LogP contribution < -0.4 is 10.1 Å². The van der Waals surface area contributed by atoms with E-state index in [2.05, 4.69) is 20.2 Å². The summed E-state index contributed by atoms with van der Waals surface area (Å²) in [4.78, 5) is 23.3. The predicted octanol–water partition coefficient (Wildman–Crippen LogP) is 2.85. The van der Waals surface area contributed by atoms with E-state index in [4.69, 9.17) is 9.47 Å². The largest absolute Gasteiger partial charge is 0.492 e. The first kappa shape index (κ1) is 22.8. The molecule has 1 aromatic heterocycles. The van der Waals surface area contributed by atoms with Crippen LogP contribution in [-0.4, -0.2) is 60.2 Å². The molecule has 0 aliphatic carbocycles. The summed E-state index contributed by atoms with van der Waals surface area (Å²) in [6, 6.07) is 13.8. The van der Waals surface area contributed by atoms with Gasteiger partial charge in [-0.05, 0) is 47.5 Å². The van der Waals surface area contributed by atoms with Gasteiger partial charge in [0.05, 0.1) is 19.6 Å². The van der Waals surface area contributed by atoms with E-state index in [-0.39, 0.29) is 24.7 Å². The third-order valence-electron chi connectivity index (χ3n) is 5.34. The molecule has 8 heteroatoms. The number of hydrogen-bond donors (Lipinski definition) is 1. The minimum Gasteiger partial charge on any atom is -0.492 e. The minimum atomic E-state index is -0.321. The van der Waals surface area contributed by atoms with Crippen LogP contribution in [0.4, 0.5) is 4.39 Å². The zero-order valence-corrected chi connectivity index (χ0v) is 18.4. The lowest BCUT2D eigenvalue weighted by Crippen LogP contribution is -2.38. The molecule has 4 rings (SSSR count). The summed E-state index contributed by atoms with van der Waals surface area (Å²) in [5, 5.41) is 2.78. The van der Waals surface area contributed by atoms with Crippen LogP contribution in [0.5, 0.6) is 5.75 Å². The zero-order chi connectivity index (χ0) is 22.9. The van der Waals surface area contributed by atoms with Crippen molar-refractivity contribution in [1.29, 1.82) is 0 Å². The van der Waals surface area contributed by atoms with Crippen molar-refractivity contribution in [2.75, 3.05) is 39.5 Å². The van der Waals surface area contributed by atoms with Crippen LogP contribution in [-0.2, 0) is 22.5 Å². The van der Waals surface area contributed by atoms with Crippen molar-refractivity contribution in [1.82, 2.24) is 20.2 Å². The van der Waals surface area contributed by atoms with E-state index >= 15 is 0 Å². The van der Waals surface area contributed by atoms with Crippen molar-refractivity contribution in [3.8, 4) is 17.1 Å². The maximum atomic E-state index is 13.2. The average Bonchev–Trinajstić information content (AvgIpc) is 2.85. The Labute approximate surface area is 192 Å². The fourth-order valence-electron chi connectivity index (χ4n) is 3.51. The van der Waals surface area contributed by atoms with Gasteiger partial charge in [0.1, 0.15) is 18.2 Å². The van der Waals surface area contributed by atoms with Gasteiger partial charge in [-0.25, -0.2) is 14.4 Å². The summed E-state index contributed by atoms with van der Waals surface area (Å²) in [6.45, 7) is 5.25. The van der Waals surface area contributed by atoms with Gasteiger partial charge in [0.2, 0.25) is 5.91 Å². The summed E-state index contributed by atoms with van der Waals surface area (Å²) < 4.78 is 24.4. The monoisotopic (exact) mass is 450 g/mol. The first-order chi connectivity index (χ1) is 16.2. The minimum absolute atomic E-state index is 0.158. The molecule has 33 heavy (non-hydrogen) atoms. The fourth-order valence-corrected chi connectivity index (χ4v) is 3.51. The van der Waals surface area contributed by atoms with Crippen molar-refractivity contribution in [2.24, 2.45) is 0 Å². The third-order valence-corrected chi connectivity index (χ3v) is 5.34. The molecule has 0 saturated carbocycles. The number of hydrogen-bond acceptors (Lipinski definition) is 6. The maximum absolute atomic E-state index is 13.2. The van der Waals surface area contributed by atoms with E-state index in [9.17, 15) is 9.18 Å². The Bertz CT molecular complexity index is 1040. The summed E-state index contributed by atoms with van der Waals surface area (Å²) in [6.07, 6.45) is 3.46. The fraction of sp³-hybridized carbons (Fsp3) is 0.320. The van der Waals surface area contributed by atoms with Crippen LogP contribution in [0.25, 0.3) is 11.4 Å². The number of benzene rings is 2. The lowest BCUT2D eigenvalue weighted by molar-refractivity contribution is -0.120. The number of nitrogens with one attached hydrogen (secondary N) is 1. The molecule has 2 aromatic carbocycles. The normalized spacial score (nSPS) is 14.1. The van der Waals surface area contributed by atoms with Gasteiger partial charge in [0.15, 0.2) is 5.82 Å². The number of ether oxygens (including phenoxy) is 2. The van der Waals surface area contributed by atoms with Gasteiger partial charge in [-0.1, -0.05) is 12.1 Å². The molecule has 1 aliphatic rings. The average molecular weight is 451 g/mol. The summed E-state index contributed by atoms with van der Waals surface area (Å²) >= 11 is 0. The molecule has 1 N–H and O–H groups in total. The Morgan fingerprint density at radius 3 is 2.55 bits per heavy atom. The van der Waals surface area contributed by atoms with E-state index < -0.39 is 0 Å². The molecular formula is C25H27FN4O3. The van der Waals surface area contributed by atoms with Crippen LogP contribution in [0, 0.1) is 5.82 Å². The van der Waals surface area contributed by atoms with Gasteiger partial charge in [0, 0.05) is 44.1 Å². The molecule has 1 fully saturated rings. The molecule has 0 unspecified atom stereocenters. The first-order valence-electron chi connectivity index (χ1n) is 11.0. The summed E-state index contributed by atoms with van der Waals surface area (Å²) in [5.74, 6) is 0.893. The molecule has 0 radical (unpaired) electrons. The maximum Gasteiger partial charge on any atom is 0.224 e. The van der Waals surface area contributed by atoms with Gasteiger partial charge in [-0.3, -0.25) is 9.69 Å². The molecule has 1 saturated heterocycles. The predicted molar refractivity (Wildman–Crippen MR) is 122 cm³/mol. The molecule has 0 bridgehead atoms. The Balaban J connectivity index is 1.23. The number of carbonyl (C=O) groups is 1. The van der Waals surface area contributed by atoms with Crippen LogP contribution in [0.3, 0.4) is 0 Å². The van der Waals surface area contributed by atoms with Crippen molar-refractivity contribution < 1.29 is 18.7 Å². The van der Waals surface area contributed by atoms with Crippen LogP contribution >= 0.6 is 0 Å². The number of halogens is 1. The van der Waals surface area contributed by atoms with E-state index in [1.165, 1.54) is 12.1 Å². The third kappa shape index (κ3) is 7.06. The highest BCUT2D eigenvalue weighted by Gasteiger charge is 2.10. The highest BCUT2D eigenvalue weighted by atomic mass is 19.1. The Morgan fingerprint density at radius 1 is 1.06 bits per heavy atom. The van der Waals surface area contributed by atoms with Gasteiger partial charge >= 0.3 is 0 Å². The number of amides is 1. The molecular weight excluding hydrogens is 423 g/mol. The number of rotatable bonds is 9. The quantitative estimate of drug-likeness (QED) is 0.540. The van der Waals surface area contributed by atoms with Crippen molar-refractivity contribution >= 4 is 5.91 Å². The molecule has 172 valence electrons. The Hall–Kier alpha value is -3.36. The molecule has 0 atom stereocenters. The van der Waals surface area contributed by atoms with Crippen molar-refractivity contribution in [2.45, 2.75) is 13.0 Å². The molecule has 1 amide bonds. The lowest BCUT2D eigenvalue weighted by Gasteiger charge is -2.26. The van der Waals surface area contributed by atoms with Crippen LogP contribution in [0.2, 0.25) is 0 Å². The second kappa shape index (κ2) is 11.5. The van der Waals surface area contributed by atoms with E-state index in [0.717, 1.165) is 44.2 Å². The topological polar surface area (TPSA) is 76.6 Å². The summed E-state index contributed by atoms with van der Waals surface area (Å²) in [5.41, 5.74) is 2.29. The van der Waals surface area contributed by atoms with Gasteiger partial charge in [0.25, 0.3) is 0 Å². The highest BCUT2D eigenvalue weighted by molar-refractivity contribution is 5.78. The van der Waals surface area contributed by atoms with Gasteiger partial charge < -0.3 is 14.8 Å². The molecule has 7 nitrogen and oxygen atoms in total. The first-order valence-corrected chi connectivity index (χ1v) is 11.0. The van der Waals surface area contributed by atoms with E-state index in [1.807, 2.05) is 24.3 Å². The van der Waals surface area contributed by atoms with Gasteiger partial charge in [-0.15, -0.1) is 0 Å². The molecule has 1 aliphatic heterocycles. The zero-order valence-electron chi connectivity index (χ0n) is 18.4. The van der Waals surface area contributed by atoms with Gasteiger partial charge in [-0.2, -0.15) is 0 Å². The van der Waals surface area contributed by atoms with E-state index in [1.54, 1.807) is 24.5 Å². The molecule has 2 heterocycles. The number of morpholine rings is 1. The van der Waals surface area contributed by atoms with Crippen molar-refractivity contribution in [3.05, 3.63) is 77.9 Å². The van der Waals surface area contributed by atoms with Crippen molar-refractivity contribution in [3.63, 3.8) is 0 Å². The number of nitrogens with zero attached hydrogens (tertiary/aromatic N) is 3. The second-order valence-corrected chi connectivity index (χ2v) is 7.83. The van der Waals surface area contributed by atoms with Crippen LogP contribution in [0.15, 0.2) is 60.9 Å². The second-order valence-electron chi connectivity index (χ2n) is 7.83. The number of aromatic nitrogens is 2. The smallest absolute Gasteiger partial charge is 0.224 e. The lowest BCUT2D eigenvalue weighted by atomic mass is 10.2. The highest BCUT2D eigenvalue weighted by Crippen LogP contribution is 2.19. The standard InChI is InChI=1S/C25H27FN4O3/c26-22-3-1-2-19(14-22)16-27-24(31)15-20-17-28-25(29-18-20)21-4-6-23(7-5-21)33-13-10-30-8-11-32-12-9-30/h1-7,14,17-18H,8-13,15-16H2,(H,27,31). The van der Waals surface area contributed by atoms with E-state index in [0.29, 0.717) is 23.6 Å². The Morgan fingerprint density at radius 2 is 1.82 bits per heavy atom. The molecule has 3 aromatic rings. The molecule has 0 spiro atoms.